The number of methoxy groups -OCH3 is 1. The third-order valence-electron chi connectivity index (χ3n) is 2.81. The Morgan fingerprint density at radius 1 is 1.29 bits per heavy atom. The van der Waals surface area contributed by atoms with Gasteiger partial charge in [0.25, 0.3) is 5.91 Å². The number of carbonyl (C=O) groups excluding carboxylic acids is 1. The van der Waals surface area contributed by atoms with Crippen molar-refractivity contribution in [2.45, 2.75) is 6.54 Å². The zero-order chi connectivity index (χ0) is 15.4. The summed E-state index contributed by atoms with van der Waals surface area (Å²) in [4.78, 5) is 21.4. The van der Waals surface area contributed by atoms with Gasteiger partial charge in [-0.15, -0.1) is 0 Å². The predicted molar refractivity (Wildman–Crippen MR) is 70.7 cm³/mol. The molecule has 0 unspecified atom stereocenters. The van der Waals surface area contributed by atoms with Gasteiger partial charge in [-0.2, -0.15) is 0 Å². The fourth-order valence-electron chi connectivity index (χ4n) is 1.83. The van der Waals surface area contributed by atoms with E-state index in [2.05, 4.69) is 14.7 Å². The molecule has 1 aromatic carbocycles. The van der Waals surface area contributed by atoms with E-state index >= 15 is 0 Å². The molecule has 0 aliphatic carbocycles. The summed E-state index contributed by atoms with van der Waals surface area (Å²) in [5.41, 5.74) is 0.472. The SMILES string of the molecule is COc1c(F)cc(C(=O)N(C)Cc2cnccn2)cc1F. The van der Waals surface area contributed by atoms with E-state index in [0.717, 1.165) is 19.2 Å². The average Bonchev–Trinajstić information content (AvgIpc) is 2.47. The van der Waals surface area contributed by atoms with Gasteiger partial charge in [0.05, 0.1) is 25.5 Å². The van der Waals surface area contributed by atoms with Crippen LogP contribution in [-0.2, 0) is 6.54 Å². The monoisotopic (exact) mass is 293 g/mol. The van der Waals surface area contributed by atoms with E-state index in [1.807, 2.05) is 0 Å². The minimum atomic E-state index is -0.922. The van der Waals surface area contributed by atoms with Crippen molar-refractivity contribution in [3.8, 4) is 5.75 Å². The first-order chi connectivity index (χ1) is 10.0. The number of rotatable bonds is 4. The third kappa shape index (κ3) is 3.31. The summed E-state index contributed by atoms with van der Waals surface area (Å²) in [6, 6.07) is 1.88. The summed E-state index contributed by atoms with van der Waals surface area (Å²) in [7, 11) is 2.67. The molecule has 0 saturated heterocycles. The van der Waals surface area contributed by atoms with Gasteiger partial charge in [0.2, 0.25) is 0 Å². The first-order valence-corrected chi connectivity index (χ1v) is 6.06. The number of ether oxygens (including phenoxy) is 1. The van der Waals surface area contributed by atoms with Gasteiger partial charge in [-0.1, -0.05) is 0 Å². The fourth-order valence-corrected chi connectivity index (χ4v) is 1.83. The normalized spacial score (nSPS) is 10.3. The first kappa shape index (κ1) is 14.8. The molecule has 0 spiro atoms. The highest BCUT2D eigenvalue weighted by atomic mass is 19.1. The fraction of sp³-hybridized carbons (Fsp3) is 0.214. The van der Waals surface area contributed by atoms with Crippen molar-refractivity contribution in [2.24, 2.45) is 0 Å². The van der Waals surface area contributed by atoms with Crippen LogP contribution in [0.2, 0.25) is 0 Å². The molecule has 2 aromatic rings. The van der Waals surface area contributed by atoms with Crippen molar-refractivity contribution in [3.63, 3.8) is 0 Å². The van der Waals surface area contributed by atoms with E-state index in [0.29, 0.717) is 5.69 Å². The zero-order valence-electron chi connectivity index (χ0n) is 11.5. The van der Waals surface area contributed by atoms with Gasteiger partial charge in [0, 0.05) is 25.0 Å². The minimum absolute atomic E-state index is 0.0998. The zero-order valence-corrected chi connectivity index (χ0v) is 11.5. The molecule has 1 aromatic heterocycles. The van der Waals surface area contributed by atoms with Crippen molar-refractivity contribution in [1.29, 1.82) is 0 Å². The third-order valence-corrected chi connectivity index (χ3v) is 2.81. The number of carbonyl (C=O) groups is 1. The molecule has 2 rings (SSSR count). The van der Waals surface area contributed by atoms with Crippen molar-refractivity contribution < 1.29 is 18.3 Å². The van der Waals surface area contributed by atoms with Crippen molar-refractivity contribution in [3.05, 3.63) is 53.6 Å². The predicted octanol–water partition coefficient (Wildman–Crippen LogP) is 2.04. The molecule has 0 N–H and O–H groups in total. The second-order valence-corrected chi connectivity index (χ2v) is 4.33. The lowest BCUT2D eigenvalue weighted by Crippen LogP contribution is -2.27. The van der Waals surface area contributed by atoms with Crippen LogP contribution in [0.25, 0.3) is 0 Å². The number of benzene rings is 1. The molecule has 0 radical (unpaired) electrons. The smallest absolute Gasteiger partial charge is 0.254 e. The number of nitrogens with zero attached hydrogens (tertiary/aromatic N) is 3. The van der Waals surface area contributed by atoms with Gasteiger partial charge in [0.15, 0.2) is 17.4 Å². The Hall–Kier alpha value is -2.57. The Balaban J connectivity index is 2.20. The van der Waals surface area contributed by atoms with Gasteiger partial charge in [-0.05, 0) is 12.1 Å². The Morgan fingerprint density at radius 2 is 1.95 bits per heavy atom. The second-order valence-electron chi connectivity index (χ2n) is 4.33. The number of hydrogen-bond acceptors (Lipinski definition) is 4. The molecular weight excluding hydrogens is 280 g/mol. The van der Waals surface area contributed by atoms with E-state index in [-0.39, 0.29) is 12.1 Å². The Morgan fingerprint density at radius 3 is 2.48 bits per heavy atom. The van der Waals surface area contributed by atoms with Gasteiger partial charge < -0.3 is 9.64 Å². The van der Waals surface area contributed by atoms with E-state index in [4.69, 9.17) is 0 Å². The number of amides is 1. The van der Waals surface area contributed by atoms with E-state index in [1.54, 1.807) is 0 Å². The van der Waals surface area contributed by atoms with Gasteiger partial charge >= 0.3 is 0 Å². The summed E-state index contributed by atoms with van der Waals surface area (Å²) < 4.78 is 31.8. The summed E-state index contributed by atoms with van der Waals surface area (Å²) in [5.74, 6) is -2.88. The van der Waals surface area contributed by atoms with Gasteiger partial charge in [-0.3, -0.25) is 14.8 Å². The number of aromatic nitrogens is 2. The van der Waals surface area contributed by atoms with Gasteiger partial charge in [0.1, 0.15) is 0 Å². The van der Waals surface area contributed by atoms with Gasteiger partial charge in [-0.25, -0.2) is 8.78 Å². The van der Waals surface area contributed by atoms with Crippen molar-refractivity contribution in [2.75, 3.05) is 14.2 Å². The van der Waals surface area contributed by atoms with Crippen molar-refractivity contribution in [1.82, 2.24) is 14.9 Å². The standard InChI is InChI=1S/C14H13F2N3O2/c1-19(8-10-7-17-3-4-18-10)14(20)9-5-11(15)13(21-2)12(16)6-9/h3-7H,8H2,1-2H3. The van der Waals surface area contributed by atoms with Crippen LogP contribution in [0.4, 0.5) is 8.78 Å². The lowest BCUT2D eigenvalue weighted by molar-refractivity contribution is 0.0782. The molecule has 0 saturated carbocycles. The highest BCUT2D eigenvalue weighted by molar-refractivity contribution is 5.94. The molecule has 0 aliphatic rings. The maximum absolute atomic E-state index is 13.6. The number of halogens is 2. The molecule has 7 heteroatoms. The largest absolute Gasteiger partial charge is 0.491 e. The molecule has 1 amide bonds. The Bertz CT molecular complexity index is 627. The average molecular weight is 293 g/mol. The minimum Gasteiger partial charge on any atom is -0.491 e. The first-order valence-electron chi connectivity index (χ1n) is 6.06. The summed E-state index contributed by atoms with van der Waals surface area (Å²) >= 11 is 0. The summed E-state index contributed by atoms with van der Waals surface area (Å²) in [5, 5.41) is 0. The molecule has 1 heterocycles. The van der Waals surface area contributed by atoms with Crippen LogP contribution in [0.15, 0.2) is 30.7 Å². The maximum atomic E-state index is 13.6. The highest BCUT2D eigenvalue weighted by Gasteiger charge is 2.18. The van der Waals surface area contributed by atoms with E-state index in [1.165, 1.54) is 30.5 Å². The highest BCUT2D eigenvalue weighted by Crippen LogP contribution is 2.23. The topological polar surface area (TPSA) is 55.3 Å². The van der Waals surface area contributed by atoms with Crippen LogP contribution in [0, 0.1) is 11.6 Å². The molecule has 0 atom stereocenters. The van der Waals surface area contributed by atoms with Crippen LogP contribution in [-0.4, -0.2) is 34.9 Å². The molecule has 0 bridgehead atoms. The Labute approximate surface area is 120 Å². The lowest BCUT2D eigenvalue weighted by Gasteiger charge is -2.17. The summed E-state index contributed by atoms with van der Waals surface area (Å²) in [6.45, 7) is 0.182. The second kappa shape index (κ2) is 6.25. The summed E-state index contributed by atoms with van der Waals surface area (Å²) in [6.07, 6.45) is 4.53. The maximum Gasteiger partial charge on any atom is 0.254 e. The molecular formula is C14H13F2N3O2. The van der Waals surface area contributed by atoms with Crippen LogP contribution < -0.4 is 4.74 Å². The lowest BCUT2D eigenvalue weighted by atomic mass is 10.1. The van der Waals surface area contributed by atoms with Crippen LogP contribution >= 0.6 is 0 Å². The van der Waals surface area contributed by atoms with Crippen LogP contribution in [0.1, 0.15) is 16.1 Å². The molecule has 21 heavy (non-hydrogen) atoms. The van der Waals surface area contributed by atoms with E-state index < -0.39 is 23.3 Å². The van der Waals surface area contributed by atoms with Crippen LogP contribution in [0.3, 0.4) is 0 Å². The number of hydrogen-bond donors (Lipinski definition) is 0. The Kier molecular flexibility index (Phi) is 4.42. The quantitative estimate of drug-likeness (QED) is 0.865. The van der Waals surface area contributed by atoms with Crippen molar-refractivity contribution >= 4 is 5.91 Å². The van der Waals surface area contributed by atoms with E-state index in [9.17, 15) is 13.6 Å². The van der Waals surface area contributed by atoms with Crippen LogP contribution in [0.5, 0.6) is 5.75 Å². The molecule has 5 nitrogen and oxygen atoms in total. The molecule has 0 aliphatic heterocycles. The molecule has 110 valence electrons. The molecule has 0 fully saturated rings.